The van der Waals surface area contributed by atoms with Gasteiger partial charge < -0.3 is 4.90 Å². The molecule has 2 aromatic carbocycles. The normalized spacial score (nSPS) is 11.3. The van der Waals surface area contributed by atoms with Gasteiger partial charge in [-0.05, 0) is 61.7 Å². The molecule has 4 nitrogen and oxygen atoms in total. The predicted molar refractivity (Wildman–Crippen MR) is 110 cm³/mol. The van der Waals surface area contributed by atoms with Crippen LogP contribution in [0.5, 0.6) is 0 Å². The zero-order valence-electron chi connectivity index (χ0n) is 16.1. The molecule has 1 aromatic heterocycles. The molecule has 0 bridgehead atoms. The highest BCUT2D eigenvalue weighted by Gasteiger charge is 2.22. The second kappa shape index (κ2) is 7.56. The Bertz CT molecular complexity index is 946. The topological polar surface area (TPSA) is 37.6 Å². The number of anilines is 1. The van der Waals surface area contributed by atoms with Crippen molar-refractivity contribution < 1.29 is 9.69 Å². The van der Waals surface area contributed by atoms with E-state index in [1.807, 2.05) is 36.1 Å². The van der Waals surface area contributed by atoms with E-state index in [-0.39, 0.29) is 5.91 Å². The van der Waals surface area contributed by atoms with E-state index in [1.165, 1.54) is 16.0 Å². The minimum absolute atomic E-state index is 0.0186. The highest BCUT2D eigenvalue weighted by molar-refractivity contribution is 7.22. The molecule has 0 radical (unpaired) electrons. The molecular formula is C21H26N3OS+. The van der Waals surface area contributed by atoms with Gasteiger partial charge in [0.25, 0.3) is 5.91 Å². The second-order valence-electron chi connectivity index (χ2n) is 7.18. The molecular weight excluding hydrogens is 342 g/mol. The molecule has 136 valence electrons. The van der Waals surface area contributed by atoms with Gasteiger partial charge in [0.1, 0.15) is 0 Å². The molecule has 3 rings (SSSR count). The molecule has 26 heavy (non-hydrogen) atoms. The van der Waals surface area contributed by atoms with Gasteiger partial charge >= 0.3 is 0 Å². The van der Waals surface area contributed by atoms with E-state index in [4.69, 9.17) is 4.98 Å². The number of amides is 1. The van der Waals surface area contributed by atoms with Gasteiger partial charge in [-0.1, -0.05) is 23.5 Å². The van der Waals surface area contributed by atoms with Crippen molar-refractivity contribution in [1.82, 2.24) is 4.98 Å². The van der Waals surface area contributed by atoms with Crippen LogP contribution >= 0.6 is 11.3 Å². The van der Waals surface area contributed by atoms with Gasteiger partial charge in [-0.15, -0.1) is 0 Å². The van der Waals surface area contributed by atoms with Crippen molar-refractivity contribution >= 4 is 32.6 Å². The zero-order valence-corrected chi connectivity index (χ0v) is 16.9. The number of thiazole rings is 1. The number of rotatable bonds is 5. The maximum Gasteiger partial charge on any atom is 0.260 e. The fourth-order valence-electron chi connectivity index (χ4n) is 2.78. The minimum atomic E-state index is 0.0186. The molecule has 0 spiro atoms. The summed E-state index contributed by atoms with van der Waals surface area (Å²) in [7, 11) is 4.20. The van der Waals surface area contributed by atoms with E-state index in [1.54, 1.807) is 11.3 Å². The number of hydrogen-bond donors (Lipinski definition) is 1. The van der Waals surface area contributed by atoms with Crippen molar-refractivity contribution in [3.63, 3.8) is 0 Å². The summed E-state index contributed by atoms with van der Waals surface area (Å²) in [5.41, 5.74) is 5.20. The smallest absolute Gasteiger partial charge is 0.260 e. The van der Waals surface area contributed by atoms with Crippen molar-refractivity contribution in [2.45, 2.75) is 20.8 Å². The van der Waals surface area contributed by atoms with E-state index in [0.29, 0.717) is 6.54 Å². The van der Waals surface area contributed by atoms with Crippen LogP contribution in [0, 0.1) is 20.8 Å². The molecule has 0 aliphatic heterocycles. The summed E-state index contributed by atoms with van der Waals surface area (Å²) in [6.07, 6.45) is 0. The van der Waals surface area contributed by atoms with Crippen LogP contribution in [-0.4, -0.2) is 38.1 Å². The average Bonchev–Trinajstić information content (AvgIpc) is 2.99. The van der Waals surface area contributed by atoms with Crippen LogP contribution in [0.2, 0.25) is 0 Å². The molecule has 0 fully saturated rings. The third-order valence-electron chi connectivity index (χ3n) is 4.60. The Morgan fingerprint density at radius 3 is 2.54 bits per heavy atom. The summed E-state index contributed by atoms with van der Waals surface area (Å²) in [6, 6.07) is 12.1. The Kier molecular flexibility index (Phi) is 5.39. The Balaban J connectivity index is 1.99. The van der Waals surface area contributed by atoms with Crippen LogP contribution in [0.15, 0.2) is 36.4 Å². The number of carbonyl (C=O) groups is 1. The number of nitrogens with one attached hydrogen (secondary N) is 1. The predicted octanol–water partition coefficient (Wildman–Crippen LogP) is 3.01. The van der Waals surface area contributed by atoms with Crippen molar-refractivity contribution in [2.24, 2.45) is 0 Å². The molecule has 1 heterocycles. The van der Waals surface area contributed by atoms with Crippen molar-refractivity contribution in [2.75, 3.05) is 32.1 Å². The first-order valence-corrected chi connectivity index (χ1v) is 9.72. The highest BCUT2D eigenvalue weighted by atomic mass is 32.1. The number of hydrogen-bond acceptors (Lipinski definition) is 3. The van der Waals surface area contributed by atoms with Crippen LogP contribution in [0.25, 0.3) is 10.2 Å². The molecule has 0 aliphatic rings. The number of fused-ring (bicyclic) bond motifs is 1. The van der Waals surface area contributed by atoms with Gasteiger partial charge in [0.2, 0.25) is 0 Å². The lowest BCUT2D eigenvalue weighted by molar-refractivity contribution is -0.856. The van der Waals surface area contributed by atoms with Crippen LogP contribution in [0.4, 0.5) is 5.13 Å². The third kappa shape index (κ3) is 3.94. The average molecular weight is 369 g/mol. The van der Waals surface area contributed by atoms with E-state index in [2.05, 4.69) is 40.1 Å². The summed E-state index contributed by atoms with van der Waals surface area (Å²) in [5.74, 6) is 0.0186. The number of aryl methyl sites for hydroxylation is 3. The summed E-state index contributed by atoms with van der Waals surface area (Å²) in [6.45, 7) is 7.69. The molecule has 1 amide bonds. The minimum Gasteiger partial charge on any atom is -0.338 e. The number of quaternary nitrogens is 1. The summed E-state index contributed by atoms with van der Waals surface area (Å²) >= 11 is 1.59. The number of likely N-dealkylation sites (N-methyl/N-ethyl adjacent to an activating group) is 1. The lowest BCUT2D eigenvalue weighted by atomic mass is 10.1. The number of aromatic nitrogens is 1. The van der Waals surface area contributed by atoms with Crippen LogP contribution in [0.3, 0.4) is 0 Å². The second-order valence-corrected chi connectivity index (χ2v) is 8.19. The monoisotopic (exact) mass is 368 g/mol. The van der Waals surface area contributed by atoms with Crippen LogP contribution < -0.4 is 9.80 Å². The largest absolute Gasteiger partial charge is 0.338 e. The third-order valence-corrected chi connectivity index (χ3v) is 5.64. The first kappa shape index (κ1) is 18.5. The molecule has 0 aliphatic carbocycles. The van der Waals surface area contributed by atoms with E-state index in [0.717, 1.165) is 33.0 Å². The molecule has 1 N–H and O–H groups in total. The van der Waals surface area contributed by atoms with Gasteiger partial charge in [-0.3, -0.25) is 9.69 Å². The first-order chi connectivity index (χ1) is 12.3. The fraction of sp³-hybridized carbons (Fsp3) is 0.333. The van der Waals surface area contributed by atoms with Gasteiger partial charge in [-0.2, -0.15) is 0 Å². The molecule has 0 saturated carbocycles. The van der Waals surface area contributed by atoms with Gasteiger partial charge in [0, 0.05) is 5.56 Å². The van der Waals surface area contributed by atoms with Crippen molar-refractivity contribution in [3.05, 3.63) is 58.7 Å². The standard InChI is InChI=1S/C21H25N3OS/c1-14-6-9-18-19(12-14)26-21(22-18)24(11-10-23(4)5)20(25)17-8-7-15(2)16(3)13-17/h6-9,12-13H,10-11H2,1-5H3/p+1. The summed E-state index contributed by atoms with van der Waals surface area (Å²) < 4.78 is 1.12. The Morgan fingerprint density at radius 2 is 1.85 bits per heavy atom. The van der Waals surface area contributed by atoms with Gasteiger partial charge in [0.15, 0.2) is 5.13 Å². The quantitative estimate of drug-likeness (QED) is 0.752. The van der Waals surface area contributed by atoms with Crippen LogP contribution in [0.1, 0.15) is 27.0 Å². The van der Waals surface area contributed by atoms with Crippen LogP contribution in [-0.2, 0) is 0 Å². The molecule has 0 atom stereocenters. The maximum atomic E-state index is 13.2. The maximum absolute atomic E-state index is 13.2. The summed E-state index contributed by atoms with van der Waals surface area (Å²) in [4.78, 5) is 21.1. The van der Waals surface area contributed by atoms with Gasteiger partial charge in [-0.25, -0.2) is 4.98 Å². The summed E-state index contributed by atoms with van der Waals surface area (Å²) in [5, 5.41) is 0.773. The van der Waals surface area contributed by atoms with E-state index >= 15 is 0 Å². The number of benzene rings is 2. The Labute approximate surface area is 159 Å². The van der Waals surface area contributed by atoms with E-state index < -0.39 is 0 Å². The number of nitrogens with zero attached hydrogens (tertiary/aromatic N) is 2. The fourth-order valence-corrected chi connectivity index (χ4v) is 3.87. The van der Waals surface area contributed by atoms with Crippen molar-refractivity contribution in [3.8, 4) is 0 Å². The van der Waals surface area contributed by atoms with Gasteiger partial charge in [0.05, 0.1) is 37.4 Å². The molecule has 3 aromatic rings. The Hall–Kier alpha value is -2.24. The van der Waals surface area contributed by atoms with E-state index in [9.17, 15) is 4.79 Å². The lowest BCUT2D eigenvalue weighted by Crippen LogP contribution is -3.06. The first-order valence-electron chi connectivity index (χ1n) is 8.90. The molecule has 0 saturated heterocycles. The zero-order chi connectivity index (χ0) is 18.8. The lowest BCUT2D eigenvalue weighted by Gasteiger charge is -2.21. The Morgan fingerprint density at radius 1 is 1.08 bits per heavy atom. The SMILES string of the molecule is Cc1ccc2nc(N(CC[NH+](C)C)C(=O)c3ccc(C)c(C)c3)sc2c1. The molecule has 0 unspecified atom stereocenters. The van der Waals surface area contributed by atoms with Crippen molar-refractivity contribution in [1.29, 1.82) is 0 Å². The highest BCUT2D eigenvalue weighted by Crippen LogP contribution is 2.30. The molecule has 5 heteroatoms. The number of carbonyl (C=O) groups excluding carboxylic acids is 1.